The van der Waals surface area contributed by atoms with Crippen molar-refractivity contribution in [3.63, 3.8) is 0 Å². The first-order valence-corrected chi connectivity index (χ1v) is 16.6. The number of aromatic nitrogens is 3. The third-order valence-corrected chi connectivity index (χ3v) is 9.37. The van der Waals surface area contributed by atoms with Crippen molar-refractivity contribution in [2.24, 2.45) is 0 Å². The molecule has 5 nitrogen and oxygen atoms in total. The number of fused-ring (bicyclic) bond motifs is 6. The lowest BCUT2D eigenvalue weighted by Crippen LogP contribution is -2.00. The molecule has 0 fully saturated rings. The van der Waals surface area contributed by atoms with Crippen LogP contribution in [-0.4, -0.2) is 15.0 Å². The molecule has 3 aromatic heterocycles. The van der Waals surface area contributed by atoms with E-state index in [0.717, 1.165) is 82.8 Å². The Morgan fingerprint density at radius 2 is 0.880 bits per heavy atom. The van der Waals surface area contributed by atoms with Crippen LogP contribution in [0.25, 0.3) is 100 Å². The van der Waals surface area contributed by atoms with Gasteiger partial charge in [-0.15, -0.1) is 0 Å². The molecule has 10 aromatic rings. The highest BCUT2D eigenvalue weighted by atomic mass is 16.3. The third-order valence-electron chi connectivity index (χ3n) is 9.37. The normalized spacial score (nSPS) is 11.6. The summed E-state index contributed by atoms with van der Waals surface area (Å²) in [5, 5.41) is 4.22. The maximum Gasteiger partial charge on any atom is 0.164 e. The Bertz CT molecular complexity index is 2850. The fourth-order valence-electron chi connectivity index (χ4n) is 6.94. The standard InChI is InChI=1S/C45H27N3O2/c1-3-11-28(12-4-1)32-25-26-39-37(27-32)41-36(18-10-20-40(41)49-39)45-47-43(30-13-5-2-6-14-30)46-44(48-45)31-23-21-29(22-24-31)33-16-9-17-35-34-15-7-8-19-38(34)50-42(33)35/h1-27H. The molecule has 50 heavy (non-hydrogen) atoms. The van der Waals surface area contributed by atoms with Gasteiger partial charge < -0.3 is 8.83 Å². The highest BCUT2D eigenvalue weighted by Crippen LogP contribution is 2.39. The molecule has 5 heteroatoms. The molecule has 0 unspecified atom stereocenters. The van der Waals surface area contributed by atoms with Crippen LogP contribution in [0.3, 0.4) is 0 Å². The lowest BCUT2D eigenvalue weighted by molar-refractivity contribution is 0.669. The van der Waals surface area contributed by atoms with Crippen molar-refractivity contribution in [3.8, 4) is 56.4 Å². The van der Waals surface area contributed by atoms with Crippen molar-refractivity contribution in [1.82, 2.24) is 15.0 Å². The zero-order valence-electron chi connectivity index (χ0n) is 26.7. The molecule has 0 aliphatic carbocycles. The van der Waals surface area contributed by atoms with Gasteiger partial charge in [0.05, 0.1) is 0 Å². The molecular formula is C45H27N3O2. The molecule has 0 saturated carbocycles. The van der Waals surface area contributed by atoms with Gasteiger partial charge >= 0.3 is 0 Å². The topological polar surface area (TPSA) is 65.0 Å². The van der Waals surface area contributed by atoms with E-state index >= 15 is 0 Å². The molecule has 0 N–H and O–H groups in total. The van der Waals surface area contributed by atoms with E-state index in [0.29, 0.717) is 17.5 Å². The Morgan fingerprint density at radius 3 is 1.68 bits per heavy atom. The van der Waals surface area contributed by atoms with Gasteiger partial charge in [-0.3, -0.25) is 0 Å². The number of furan rings is 2. The summed E-state index contributed by atoms with van der Waals surface area (Å²) < 4.78 is 12.7. The Hall–Kier alpha value is -6.85. The van der Waals surface area contributed by atoms with Crippen LogP contribution in [0.2, 0.25) is 0 Å². The first kappa shape index (κ1) is 28.2. The molecule has 0 amide bonds. The number of hydrogen-bond acceptors (Lipinski definition) is 5. The molecule has 0 aliphatic rings. The third kappa shape index (κ3) is 4.67. The second-order valence-electron chi connectivity index (χ2n) is 12.4. The summed E-state index contributed by atoms with van der Waals surface area (Å²) in [6, 6.07) is 55.7. The average molecular weight is 642 g/mol. The molecule has 0 atom stereocenters. The van der Waals surface area contributed by atoms with Crippen LogP contribution in [0.5, 0.6) is 0 Å². The molecule has 0 saturated heterocycles. The van der Waals surface area contributed by atoms with Crippen LogP contribution in [0, 0.1) is 0 Å². The van der Waals surface area contributed by atoms with E-state index in [4.69, 9.17) is 23.8 Å². The summed E-state index contributed by atoms with van der Waals surface area (Å²) in [6.07, 6.45) is 0. The number of rotatable bonds is 5. The van der Waals surface area contributed by atoms with Gasteiger partial charge in [-0.25, -0.2) is 15.0 Å². The number of benzene rings is 7. The average Bonchev–Trinajstić information content (AvgIpc) is 3.77. The van der Waals surface area contributed by atoms with Crippen molar-refractivity contribution in [3.05, 3.63) is 164 Å². The first-order chi connectivity index (χ1) is 24.8. The summed E-state index contributed by atoms with van der Waals surface area (Å²) in [7, 11) is 0. The van der Waals surface area contributed by atoms with Crippen LogP contribution in [-0.2, 0) is 0 Å². The smallest absolute Gasteiger partial charge is 0.164 e. The fraction of sp³-hybridized carbons (Fsp3) is 0. The van der Waals surface area contributed by atoms with Crippen LogP contribution in [0.1, 0.15) is 0 Å². The highest BCUT2D eigenvalue weighted by molar-refractivity contribution is 6.13. The van der Waals surface area contributed by atoms with Gasteiger partial charge in [0.2, 0.25) is 0 Å². The summed E-state index contributed by atoms with van der Waals surface area (Å²) in [6.45, 7) is 0. The van der Waals surface area contributed by atoms with Crippen LogP contribution < -0.4 is 0 Å². The van der Waals surface area contributed by atoms with Crippen molar-refractivity contribution < 1.29 is 8.83 Å². The number of para-hydroxylation sites is 2. The van der Waals surface area contributed by atoms with Gasteiger partial charge in [-0.2, -0.15) is 0 Å². The van der Waals surface area contributed by atoms with Crippen molar-refractivity contribution in [2.45, 2.75) is 0 Å². The maximum absolute atomic E-state index is 6.36. The number of nitrogens with zero attached hydrogens (tertiary/aromatic N) is 3. The summed E-state index contributed by atoms with van der Waals surface area (Å²) in [5.74, 6) is 1.79. The highest BCUT2D eigenvalue weighted by Gasteiger charge is 2.19. The minimum atomic E-state index is 0.586. The van der Waals surface area contributed by atoms with Gasteiger partial charge in [0.25, 0.3) is 0 Å². The minimum Gasteiger partial charge on any atom is -0.456 e. The molecule has 234 valence electrons. The van der Waals surface area contributed by atoms with E-state index in [9.17, 15) is 0 Å². The lowest BCUT2D eigenvalue weighted by Gasteiger charge is -2.10. The Labute approximate surface area is 287 Å². The maximum atomic E-state index is 6.36. The van der Waals surface area contributed by atoms with E-state index < -0.39 is 0 Å². The van der Waals surface area contributed by atoms with Crippen molar-refractivity contribution in [2.75, 3.05) is 0 Å². The molecular weight excluding hydrogens is 615 g/mol. The van der Waals surface area contributed by atoms with Crippen LogP contribution >= 0.6 is 0 Å². The van der Waals surface area contributed by atoms with Gasteiger partial charge in [-0.05, 0) is 41.0 Å². The predicted octanol–water partition coefficient (Wildman–Crippen LogP) is 12.0. The molecule has 7 aromatic carbocycles. The Kier molecular flexibility index (Phi) is 6.42. The van der Waals surface area contributed by atoms with Gasteiger partial charge in [0.1, 0.15) is 22.3 Å². The molecule has 0 radical (unpaired) electrons. The number of hydrogen-bond donors (Lipinski definition) is 0. The fourth-order valence-corrected chi connectivity index (χ4v) is 6.94. The quantitative estimate of drug-likeness (QED) is 0.187. The monoisotopic (exact) mass is 641 g/mol. The van der Waals surface area contributed by atoms with Gasteiger partial charge in [-0.1, -0.05) is 140 Å². The summed E-state index contributed by atoms with van der Waals surface area (Å²) >= 11 is 0. The molecule has 3 heterocycles. The second-order valence-corrected chi connectivity index (χ2v) is 12.4. The van der Waals surface area contributed by atoms with Crippen molar-refractivity contribution in [1.29, 1.82) is 0 Å². The van der Waals surface area contributed by atoms with Crippen LogP contribution in [0.4, 0.5) is 0 Å². The van der Waals surface area contributed by atoms with E-state index in [1.807, 2.05) is 72.8 Å². The molecule has 10 rings (SSSR count). The Balaban J connectivity index is 1.13. The zero-order valence-corrected chi connectivity index (χ0v) is 26.7. The summed E-state index contributed by atoms with van der Waals surface area (Å²) in [5.41, 5.74) is 10.4. The first-order valence-electron chi connectivity index (χ1n) is 16.6. The SMILES string of the molecule is c1ccc(-c2ccc3oc4cccc(-c5nc(-c6ccccc6)nc(-c6ccc(-c7cccc8c7oc7ccccc78)cc6)n5)c4c3c2)cc1. The minimum absolute atomic E-state index is 0.586. The van der Waals surface area contributed by atoms with E-state index in [1.165, 1.54) is 0 Å². The Morgan fingerprint density at radius 1 is 0.320 bits per heavy atom. The zero-order chi connectivity index (χ0) is 33.0. The van der Waals surface area contributed by atoms with Crippen molar-refractivity contribution >= 4 is 43.9 Å². The summed E-state index contributed by atoms with van der Waals surface area (Å²) in [4.78, 5) is 15.2. The predicted molar refractivity (Wildman–Crippen MR) is 202 cm³/mol. The van der Waals surface area contributed by atoms with Gasteiger partial charge in [0, 0.05) is 43.8 Å². The molecule has 0 bridgehead atoms. The van der Waals surface area contributed by atoms with E-state index in [1.54, 1.807) is 0 Å². The molecule has 0 aliphatic heterocycles. The van der Waals surface area contributed by atoms with Crippen LogP contribution in [0.15, 0.2) is 173 Å². The van der Waals surface area contributed by atoms with E-state index in [2.05, 4.69) is 91.0 Å². The largest absolute Gasteiger partial charge is 0.456 e. The second kappa shape index (κ2) is 11.4. The van der Waals surface area contributed by atoms with E-state index in [-0.39, 0.29) is 0 Å². The molecule has 0 spiro atoms. The van der Waals surface area contributed by atoms with Gasteiger partial charge in [0.15, 0.2) is 17.5 Å². The lowest BCUT2D eigenvalue weighted by atomic mass is 10.0.